The summed E-state index contributed by atoms with van der Waals surface area (Å²) >= 11 is 0. The summed E-state index contributed by atoms with van der Waals surface area (Å²) in [5.74, 6) is 0.518. The summed E-state index contributed by atoms with van der Waals surface area (Å²) in [5, 5.41) is 9.57. The number of ether oxygens (including phenoxy) is 1. The molecule has 1 aliphatic rings. The van der Waals surface area contributed by atoms with E-state index in [1.165, 1.54) is 0 Å². The molecule has 0 spiro atoms. The topological polar surface area (TPSA) is 29.5 Å². The van der Waals surface area contributed by atoms with Gasteiger partial charge in [0, 0.05) is 13.7 Å². The van der Waals surface area contributed by atoms with Crippen molar-refractivity contribution in [1.82, 2.24) is 0 Å². The number of hydrogen-bond donors (Lipinski definition) is 1. The highest BCUT2D eigenvalue weighted by molar-refractivity contribution is 5.00. The summed E-state index contributed by atoms with van der Waals surface area (Å²) in [4.78, 5) is 0. The second-order valence-electron chi connectivity index (χ2n) is 3.31. The molecule has 1 rings (SSSR count). The lowest BCUT2D eigenvalue weighted by atomic mass is 10.1. The maximum atomic E-state index is 9.57. The molecule has 0 aromatic carbocycles. The fourth-order valence-electron chi connectivity index (χ4n) is 1.34. The van der Waals surface area contributed by atoms with Crippen molar-refractivity contribution >= 4 is 0 Å². The minimum absolute atomic E-state index is 0.321. The highest BCUT2D eigenvalue weighted by Gasteiger charge is 2.48. The van der Waals surface area contributed by atoms with Crippen molar-refractivity contribution < 1.29 is 9.84 Å². The molecule has 2 nitrogen and oxygen atoms in total. The molecule has 0 bridgehead atoms. The SMILES string of the molecule is COCCCC1(O)CC1C. The van der Waals surface area contributed by atoms with Gasteiger partial charge in [0.15, 0.2) is 0 Å². The molecule has 2 heteroatoms. The predicted molar refractivity (Wildman–Crippen MR) is 39.8 cm³/mol. The molecule has 10 heavy (non-hydrogen) atoms. The molecule has 1 fully saturated rings. The van der Waals surface area contributed by atoms with Crippen LogP contribution in [0.4, 0.5) is 0 Å². The van der Waals surface area contributed by atoms with E-state index in [1.807, 2.05) is 0 Å². The van der Waals surface area contributed by atoms with Gasteiger partial charge in [-0.25, -0.2) is 0 Å². The number of aliphatic hydroxyl groups is 1. The van der Waals surface area contributed by atoms with E-state index in [0.717, 1.165) is 25.9 Å². The molecule has 0 amide bonds. The van der Waals surface area contributed by atoms with Crippen molar-refractivity contribution in [1.29, 1.82) is 0 Å². The smallest absolute Gasteiger partial charge is 0.0678 e. The highest BCUT2D eigenvalue weighted by Crippen LogP contribution is 2.46. The van der Waals surface area contributed by atoms with Crippen LogP contribution in [0.25, 0.3) is 0 Å². The quantitative estimate of drug-likeness (QED) is 0.600. The van der Waals surface area contributed by atoms with E-state index in [2.05, 4.69) is 6.92 Å². The zero-order chi connectivity index (χ0) is 7.61. The van der Waals surface area contributed by atoms with Gasteiger partial charge in [0.1, 0.15) is 0 Å². The zero-order valence-electron chi connectivity index (χ0n) is 6.76. The maximum Gasteiger partial charge on any atom is 0.0678 e. The van der Waals surface area contributed by atoms with E-state index in [-0.39, 0.29) is 5.60 Å². The molecule has 2 atom stereocenters. The van der Waals surface area contributed by atoms with Crippen LogP contribution in [0.15, 0.2) is 0 Å². The molecule has 0 aromatic heterocycles. The Bertz CT molecular complexity index is 114. The first kappa shape index (κ1) is 8.02. The minimum atomic E-state index is -0.321. The van der Waals surface area contributed by atoms with Crippen molar-refractivity contribution in [2.75, 3.05) is 13.7 Å². The molecule has 0 aliphatic heterocycles. The van der Waals surface area contributed by atoms with Gasteiger partial charge in [-0.05, 0) is 25.2 Å². The Labute approximate surface area is 62.2 Å². The predicted octanol–water partition coefficient (Wildman–Crippen LogP) is 1.18. The molecule has 0 heterocycles. The fraction of sp³-hybridized carbons (Fsp3) is 1.00. The van der Waals surface area contributed by atoms with Gasteiger partial charge in [-0.15, -0.1) is 0 Å². The summed E-state index contributed by atoms with van der Waals surface area (Å²) in [7, 11) is 1.69. The van der Waals surface area contributed by atoms with E-state index >= 15 is 0 Å². The van der Waals surface area contributed by atoms with Crippen LogP contribution in [-0.2, 0) is 4.74 Å². The first-order valence-corrected chi connectivity index (χ1v) is 3.90. The molecule has 0 radical (unpaired) electrons. The summed E-state index contributed by atoms with van der Waals surface area (Å²) in [6.45, 7) is 2.86. The molecule has 0 saturated heterocycles. The lowest BCUT2D eigenvalue weighted by molar-refractivity contribution is 0.104. The molecular weight excluding hydrogens is 128 g/mol. The third-order valence-electron chi connectivity index (χ3n) is 2.38. The van der Waals surface area contributed by atoms with Gasteiger partial charge in [-0.1, -0.05) is 6.92 Å². The third kappa shape index (κ3) is 1.70. The Hall–Kier alpha value is -0.0800. The number of methoxy groups -OCH3 is 1. The summed E-state index contributed by atoms with van der Waals surface area (Å²) in [5.41, 5.74) is -0.321. The average Bonchev–Trinajstić information content (AvgIpc) is 2.42. The Morgan fingerprint density at radius 3 is 2.70 bits per heavy atom. The van der Waals surface area contributed by atoms with Crippen LogP contribution < -0.4 is 0 Å². The molecule has 1 N–H and O–H groups in total. The van der Waals surface area contributed by atoms with Crippen molar-refractivity contribution in [3.8, 4) is 0 Å². The molecule has 1 saturated carbocycles. The lowest BCUT2D eigenvalue weighted by Crippen LogP contribution is -2.10. The second-order valence-corrected chi connectivity index (χ2v) is 3.31. The van der Waals surface area contributed by atoms with E-state index in [0.29, 0.717) is 5.92 Å². The molecule has 60 valence electrons. The zero-order valence-corrected chi connectivity index (χ0v) is 6.76. The van der Waals surface area contributed by atoms with E-state index in [1.54, 1.807) is 7.11 Å². The molecule has 2 unspecified atom stereocenters. The van der Waals surface area contributed by atoms with Gasteiger partial charge >= 0.3 is 0 Å². The van der Waals surface area contributed by atoms with E-state index in [9.17, 15) is 5.11 Å². The first-order chi connectivity index (χ1) is 4.69. The maximum absolute atomic E-state index is 9.57. The molecule has 1 aliphatic carbocycles. The van der Waals surface area contributed by atoms with Gasteiger partial charge in [0.2, 0.25) is 0 Å². The van der Waals surface area contributed by atoms with Gasteiger partial charge in [-0.2, -0.15) is 0 Å². The van der Waals surface area contributed by atoms with Crippen LogP contribution in [0.2, 0.25) is 0 Å². The third-order valence-corrected chi connectivity index (χ3v) is 2.38. The Balaban J connectivity index is 2.03. The largest absolute Gasteiger partial charge is 0.390 e. The minimum Gasteiger partial charge on any atom is -0.390 e. The first-order valence-electron chi connectivity index (χ1n) is 3.90. The summed E-state index contributed by atoms with van der Waals surface area (Å²) in [6.07, 6.45) is 2.87. The number of hydrogen-bond acceptors (Lipinski definition) is 2. The van der Waals surface area contributed by atoms with Gasteiger partial charge in [0.25, 0.3) is 0 Å². The Morgan fingerprint density at radius 2 is 2.30 bits per heavy atom. The van der Waals surface area contributed by atoms with E-state index < -0.39 is 0 Å². The van der Waals surface area contributed by atoms with Crippen LogP contribution in [0.5, 0.6) is 0 Å². The van der Waals surface area contributed by atoms with Gasteiger partial charge in [0.05, 0.1) is 5.60 Å². The summed E-state index contributed by atoms with van der Waals surface area (Å²) < 4.78 is 4.89. The van der Waals surface area contributed by atoms with Crippen LogP contribution in [0.1, 0.15) is 26.2 Å². The average molecular weight is 144 g/mol. The van der Waals surface area contributed by atoms with Crippen molar-refractivity contribution in [3.63, 3.8) is 0 Å². The normalized spacial score (nSPS) is 38.1. The van der Waals surface area contributed by atoms with Crippen molar-refractivity contribution in [3.05, 3.63) is 0 Å². The Morgan fingerprint density at radius 1 is 1.70 bits per heavy atom. The van der Waals surface area contributed by atoms with Gasteiger partial charge in [-0.3, -0.25) is 0 Å². The van der Waals surface area contributed by atoms with Crippen LogP contribution in [0.3, 0.4) is 0 Å². The molecule has 0 aromatic rings. The van der Waals surface area contributed by atoms with Crippen LogP contribution in [0, 0.1) is 5.92 Å². The van der Waals surface area contributed by atoms with Crippen LogP contribution >= 0.6 is 0 Å². The second kappa shape index (κ2) is 2.89. The molecular formula is C8H16O2. The lowest BCUT2D eigenvalue weighted by Gasteiger charge is -2.06. The standard InChI is InChI=1S/C8H16O2/c1-7-6-8(7,9)4-3-5-10-2/h7,9H,3-6H2,1-2H3. The fourth-order valence-corrected chi connectivity index (χ4v) is 1.34. The van der Waals surface area contributed by atoms with E-state index in [4.69, 9.17) is 4.74 Å². The van der Waals surface area contributed by atoms with Crippen molar-refractivity contribution in [2.24, 2.45) is 5.92 Å². The summed E-state index contributed by atoms with van der Waals surface area (Å²) in [6, 6.07) is 0. The van der Waals surface area contributed by atoms with Gasteiger partial charge < -0.3 is 9.84 Å². The van der Waals surface area contributed by atoms with Crippen LogP contribution in [-0.4, -0.2) is 24.4 Å². The monoisotopic (exact) mass is 144 g/mol. The number of rotatable bonds is 4. The highest BCUT2D eigenvalue weighted by atomic mass is 16.5. The Kier molecular flexibility index (Phi) is 2.32. The van der Waals surface area contributed by atoms with Crippen molar-refractivity contribution in [2.45, 2.75) is 31.8 Å².